The molecule has 0 saturated carbocycles. The van der Waals surface area contributed by atoms with Crippen molar-refractivity contribution in [2.45, 2.75) is 18.4 Å². The van der Waals surface area contributed by atoms with Crippen LogP contribution in [-0.4, -0.2) is 36.6 Å². The minimum atomic E-state index is -3.37. The molecule has 1 heterocycles. The molecular weight excluding hydrogens is 625 g/mol. The lowest BCUT2D eigenvalue weighted by Gasteiger charge is -2.09. The predicted octanol–water partition coefficient (Wildman–Crippen LogP) is 5.82. The topological polar surface area (TPSA) is 146 Å². The highest BCUT2D eigenvalue weighted by Gasteiger charge is 2.15. The zero-order valence-corrected chi connectivity index (χ0v) is 24.2. The third-order valence-corrected chi connectivity index (χ3v) is 7.61. The Balaban J connectivity index is 0.00000103. The molecule has 206 valence electrons. The average Bonchev–Trinajstić information content (AvgIpc) is 3.28. The fourth-order valence-electron chi connectivity index (χ4n) is 3.13. The number of hydrogen-bond acceptors (Lipinski definition) is 8. The molecule has 1 aromatic heterocycles. The quantitative estimate of drug-likeness (QED) is 0.189. The van der Waals surface area contributed by atoms with E-state index in [4.69, 9.17) is 14.6 Å². The summed E-state index contributed by atoms with van der Waals surface area (Å²) in [6, 6.07) is 17.5. The molecule has 3 aromatic carbocycles. The molecule has 40 heavy (non-hydrogen) atoms. The van der Waals surface area contributed by atoms with Crippen LogP contribution in [0.2, 0.25) is 0 Å². The van der Waals surface area contributed by atoms with E-state index in [-0.39, 0.29) is 28.0 Å². The summed E-state index contributed by atoms with van der Waals surface area (Å²) in [6.07, 6.45) is 2.55. The number of amides is 1. The number of benzene rings is 3. The second kappa shape index (κ2) is 13.3. The number of carbonyl (C=O) groups is 2. The highest BCUT2D eigenvalue weighted by Crippen LogP contribution is 2.30. The minimum Gasteiger partial charge on any atom is -0.488 e. The predicted molar refractivity (Wildman–Crippen MR) is 153 cm³/mol. The van der Waals surface area contributed by atoms with Gasteiger partial charge < -0.3 is 9.84 Å². The number of thiazole rings is 1. The number of hydrogen-bond donors (Lipinski definition) is 2. The van der Waals surface area contributed by atoms with Crippen molar-refractivity contribution in [3.8, 4) is 11.8 Å². The Hall–Kier alpha value is -4.12. The van der Waals surface area contributed by atoms with Crippen LogP contribution < -0.4 is 10.1 Å². The van der Waals surface area contributed by atoms with Crippen LogP contribution in [0, 0.1) is 17.1 Å². The number of nitriles is 1. The monoisotopic (exact) mass is 645 g/mol. The van der Waals surface area contributed by atoms with E-state index in [0.29, 0.717) is 26.0 Å². The fraction of sp³-hybridized carbons (Fsp3) is 0.111. The summed E-state index contributed by atoms with van der Waals surface area (Å²) in [5.41, 5.74) is 1.78. The Morgan fingerprint density at radius 1 is 1.18 bits per heavy atom. The number of ether oxygens (including phenoxy) is 1. The second-order valence-electron chi connectivity index (χ2n) is 8.17. The number of aliphatic carboxylic acids is 1. The first-order valence-electron chi connectivity index (χ1n) is 11.3. The van der Waals surface area contributed by atoms with Gasteiger partial charge in [0.1, 0.15) is 29.8 Å². The van der Waals surface area contributed by atoms with E-state index >= 15 is 0 Å². The standard InChI is InChI=1S/C25H17BrFN3O4S2.C2H4O2/c1-36(32,33)19-7-8-21-23(12-19)35-25(29-21)30-24(31)17(13-28)10-16-4-9-22(20(26)11-16)34-14-15-2-5-18(27)6-3-15;1-2(3)4/h2-12H,14H2,1H3,(H,29,30,31);1H3,(H,3,4)/b17-10+;. The first-order chi connectivity index (χ1) is 18.8. The van der Waals surface area contributed by atoms with Crippen LogP contribution in [0.15, 0.2) is 75.6 Å². The van der Waals surface area contributed by atoms with Crippen molar-refractivity contribution in [2.24, 2.45) is 0 Å². The fourth-order valence-corrected chi connectivity index (χ4v) is 5.27. The van der Waals surface area contributed by atoms with E-state index in [0.717, 1.165) is 30.1 Å². The molecule has 4 rings (SSSR count). The second-order valence-corrected chi connectivity index (χ2v) is 12.1. The Labute approximate surface area is 241 Å². The number of rotatable bonds is 7. The average molecular weight is 647 g/mol. The molecule has 0 radical (unpaired) electrons. The number of carboxylic acids is 1. The molecule has 9 nitrogen and oxygen atoms in total. The van der Waals surface area contributed by atoms with Crippen molar-refractivity contribution in [3.05, 3.63) is 87.7 Å². The molecule has 4 aromatic rings. The lowest BCUT2D eigenvalue weighted by molar-refractivity contribution is -0.134. The van der Waals surface area contributed by atoms with Gasteiger partial charge in [-0.25, -0.2) is 17.8 Å². The van der Waals surface area contributed by atoms with Gasteiger partial charge in [0.15, 0.2) is 15.0 Å². The lowest BCUT2D eigenvalue weighted by atomic mass is 10.1. The maximum atomic E-state index is 13.0. The first kappa shape index (κ1) is 30.4. The molecule has 0 fully saturated rings. The van der Waals surface area contributed by atoms with Gasteiger partial charge in [-0.3, -0.25) is 14.9 Å². The van der Waals surface area contributed by atoms with Crippen LogP contribution in [0.4, 0.5) is 9.52 Å². The van der Waals surface area contributed by atoms with Crippen molar-refractivity contribution in [2.75, 3.05) is 11.6 Å². The summed E-state index contributed by atoms with van der Waals surface area (Å²) in [5, 5.41) is 19.8. The van der Waals surface area contributed by atoms with Crippen molar-refractivity contribution < 1.29 is 32.2 Å². The van der Waals surface area contributed by atoms with E-state index in [1.54, 1.807) is 36.4 Å². The van der Waals surface area contributed by atoms with Gasteiger partial charge in [0.2, 0.25) is 0 Å². The van der Waals surface area contributed by atoms with Gasteiger partial charge in [0.25, 0.3) is 11.9 Å². The molecule has 0 spiro atoms. The third kappa shape index (κ3) is 8.70. The van der Waals surface area contributed by atoms with Gasteiger partial charge in [-0.15, -0.1) is 0 Å². The number of carboxylic acid groups (broad SMARTS) is 1. The largest absolute Gasteiger partial charge is 0.488 e. The van der Waals surface area contributed by atoms with Crippen LogP contribution in [0.1, 0.15) is 18.1 Å². The van der Waals surface area contributed by atoms with Gasteiger partial charge in [0, 0.05) is 13.2 Å². The Morgan fingerprint density at radius 3 is 2.45 bits per heavy atom. The van der Waals surface area contributed by atoms with Gasteiger partial charge in [-0.05, 0) is 75.6 Å². The van der Waals surface area contributed by atoms with Crippen molar-refractivity contribution in [3.63, 3.8) is 0 Å². The number of halogens is 2. The molecule has 2 N–H and O–H groups in total. The summed E-state index contributed by atoms with van der Waals surface area (Å²) in [7, 11) is -3.37. The molecule has 13 heteroatoms. The summed E-state index contributed by atoms with van der Waals surface area (Å²) in [5.74, 6) is -1.26. The number of nitrogens with zero attached hydrogens (tertiary/aromatic N) is 2. The Morgan fingerprint density at radius 2 is 1.85 bits per heavy atom. The van der Waals surface area contributed by atoms with E-state index < -0.39 is 21.7 Å². The SMILES string of the molecule is CC(=O)O.CS(=O)(=O)c1ccc2nc(NC(=O)/C(C#N)=C/c3ccc(OCc4ccc(F)cc4)c(Br)c3)sc2c1. The number of fused-ring (bicyclic) bond motifs is 1. The van der Waals surface area contributed by atoms with Crippen LogP contribution >= 0.6 is 27.3 Å². The van der Waals surface area contributed by atoms with Crippen LogP contribution in [0.3, 0.4) is 0 Å². The maximum absolute atomic E-state index is 13.0. The Kier molecular flexibility index (Phi) is 10.1. The molecule has 0 unspecified atom stereocenters. The Bertz CT molecular complexity index is 1740. The first-order valence-corrected chi connectivity index (χ1v) is 14.8. The van der Waals surface area contributed by atoms with Crippen molar-refractivity contribution >= 4 is 70.4 Å². The molecule has 1 amide bonds. The van der Waals surface area contributed by atoms with Crippen LogP contribution in [-0.2, 0) is 26.0 Å². The number of aromatic nitrogens is 1. The zero-order chi connectivity index (χ0) is 29.4. The van der Waals surface area contributed by atoms with Crippen LogP contribution in [0.5, 0.6) is 5.75 Å². The van der Waals surface area contributed by atoms with E-state index in [1.165, 1.54) is 30.3 Å². The number of carbonyl (C=O) groups excluding carboxylic acids is 1. The van der Waals surface area contributed by atoms with Gasteiger partial charge in [0.05, 0.1) is 19.6 Å². The molecule has 0 atom stereocenters. The molecule has 0 aliphatic carbocycles. The summed E-state index contributed by atoms with van der Waals surface area (Å²) < 4.78 is 43.5. The molecule has 0 aliphatic heterocycles. The summed E-state index contributed by atoms with van der Waals surface area (Å²) in [4.78, 5) is 26.1. The van der Waals surface area contributed by atoms with Gasteiger partial charge >= 0.3 is 0 Å². The molecule has 0 bridgehead atoms. The van der Waals surface area contributed by atoms with E-state index in [9.17, 15) is 22.9 Å². The van der Waals surface area contributed by atoms with Crippen molar-refractivity contribution in [1.29, 1.82) is 5.26 Å². The molecular formula is C27H21BrFN3O6S2. The number of nitrogens with one attached hydrogen (secondary N) is 1. The minimum absolute atomic E-state index is 0.141. The highest BCUT2D eigenvalue weighted by atomic mass is 79.9. The molecule has 0 saturated heterocycles. The summed E-state index contributed by atoms with van der Waals surface area (Å²) in [6.45, 7) is 1.33. The van der Waals surface area contributed by atoms with Gasteiger partial charge in [-0.2, -0.15) is 5.26 Å². The third-order valence-electron chi connectivity index (χ3n) is 4.95. The summed E-state index contributed by atoms with van der Waals surface area (Å²) >= 11 is 4.54. The number of anilines is 1. The lowest BCUT2D eigenvalue weighted by Crippen LogP contribution is -2.13. The van der Waals surface area contributed by atoms with Gasteiger partial charge in [-0.1, -0.05) is 29.5 Å². The van der Waals surface area contributed by atoms with Crippen molar-refractivity contribution in [1.82, 2.24) is 4.98 Å². The highest BCUT2D eigenvalue weighted by molar-refractivity contribution is 9.10. The van der Waals surface area contributed by atoms with E-state index in [2.05, 4.69) is 26.2 Å². The molecule has 0 aliphatic rings. The smallest absolute Gasteiger partial charge is 0.300 e. The van der Waals surface area contributed by atoms with E-state index in [1.807, 2.05) is 6.07 Å². The maximum Gasteiger partial charge on any atom is 0.300 e. The zero-order valence-electron chi connectivity index (χ0n) is 21.0. The number of sulfone groups is 1. The van der Waals surface area contributed by atoms with Crippen LogP contribution in [0.25, 0.3) is 16.3 Å². The normalized spacial score (nSPS) is 11.2.